The first-order valence-electron chi connectivity index (χ1n) is 7.26. The van der Waals surface area contributed by atoms with Crippen molar-refractivity contribution in [2.45, 2.75) is 24.6 Å². The Kier molecular flexibility index (Phi) is 4.14. The second kappa shape index (κ2) is 5.90. The summed E-state index contributed by atoms with van der Waals surface area (Å²) in [6.07, 6.45) is 1.82. The van der Waals surface area contributed by atoms with Gasteiger partial charge in [0, 0.05) is 17.9 Å². The first kappa shape index (κ1) is 14.7. The Morgan fingerprint density at radius 2 is 1.71 bits per heavy atom. The lowest BCUT2D eigenvalue weighted by atomic mass is 9.77. The van der Waals surface area contributed by atoms with E-state index < -0.39 is 0 Å². The van der Waals surface area contributed by atoms with E-state index in [9.17, 15) is 0 Å². The lowest BCUT2D eigenvalue weighted by Gasteiger charge is -2.43. The van der Waals surface area contributed by atoms with E-state index in [1.54, 1.807) is 0 Å². The summed E-state index contributed by atoms with van der Waals surface area (Å²) in [5, 5.41) is 0. The van der Waals surface area contributed by atoms with Crippen molar-refractivity contribution in [2.75, 3.05) is 11.4 Å². The van der Waals surface area contributed by atoms with Crippen LogP contribution in [0.1, 0.15) is 18.9 Å². The average Bonchev–Trinajstić information content (AvgIpc) is 2.46. The lowest BCUT2D eigenvalue weighted by molar-refractivity contribution is 0.304. The van der Waals surface area contributed by atoms with Gasteiger partial charge in [-0.1, -0.05) is 43.3 Å². The van der Waals surface area contributed by atoms with Gasteiger partial charge in [0.25, 0.3) is 0 Å². The zero-order chi connectivity index (χ0) is 14.9. The van der Waals surface area contributed by atoms with E-state index in [1.165, 1.54) is 16.9 Å². The van der Waals surface area contributed by atoms with Crippen LogP contribution in [0.5, 0.6) is 0 Å². The highest BCUT2D eigenvalue weighted by Gasteiger charge is 2.35. The number of anilines is 2. The Hall–Kier alpha value is -1.18. The molecule has 0 N–H and O–H groups in total. The molecule has 3 heteroatoms. The van der Waals surface area contributed by atoms with Crippen molar-refractivity contribution in [3.05, 3.63) is 60.2 Å². The van der Waals surface area contributed by atoms with Gasteiger partial charge in [0.05, 0.1) is 0 Å². The zero-order valence-corrected chi connectivity index (χ0v) is 13.6. The highest BCUT2D eigenvalue weighted by molar-refractivity contribution is 6.44. The molecule has 0 fully saturated rings. The average molecular weight is 320 g/mol. The number of rotatable bonds is 3. The van der Waals surface area contributed by atoms with Crippen LogP contribution in [0.15, 0.2) is 54.6 Å². The molecule has 0 saturated heterocycles. The van der Waals surface area contributed by atoms with Crippen LogP contribution in [0, 0.1) is 5.41 Å². The molecule has 1 aliphatic heterocycles. The summed E-state index contributed by atoms with van der Waals surface area (Å²) in [6, 6.07) is 19.1. The second-order valence-electron chi connectivity index (χ2n) is 6.13. The molecule has 1 nitrogen and oxygen atoms in total. The van der Waals surface area contributed by atoms with Gasteiger partial charge in [0.2, 0.25) is 0 Å². The fourth-order valence-corrected chi connectivity index (χ4v) is 4.00. The Morgan fingerprint density at radius 1 is 1.05 bits per heavy atom. The van der Waals surface area contributed by atoms with Crippen molar-refractivity contribution in [1.29, 1.82) is 0 Å². The molecule has 1 aliphatic rings. The molecule has 2 aromatic carbocycles. The van der Waals surface area contributed by atoms with Crippen LogP contribution in [-0.2, 0) is 6.42 Å². The minimum Gasteiger partial charge on any atom is -0.341 e. The molecule has 0 saturated carbocycles. The van der Waals surface area contributed by atoms with Gasteiger partial charge in [0.1, 0.15) is 4.84 Å². The van der Waals surface area contributed by atoms with Crippen molar-refractivity contribution < 1.29 is 0 Å². The minimum atomic E-state index is -0.321. The van der Waals surface area contributed by atoms with E-state index in [2.05, 4.69) is 60.4 Å². The molecule has 0 spiro atoms. The van der Waals surface area contributed by atoms with E-state index in [4.69, 9.17) is 23.2 Å². The predicted octanol–water partition coefficient (Wildman–Crippen LogP) is 5.58. The Morgan fingerprint density at radius 3 is 2.43 bits per heavy atom. The standard InChI is InChI=1S/C18H19Cl2N/c1-18(12-17(19)20)11-14-7-5-6-10-16(14)21(13-18)15-8-3-2-4-9-15/h2-10,17H,11-13H2,1H3. The van der Waals surface area contributed by atoms with Gasteiger partial charge in [-0.25, -0.2) is 0 Å². The van der Waals surface area contributed by atoms with Gasteiger partial charge in [-0.2, -0.15) is 0 Å². The molecule has 0 radical (unpaired) electrons. The number of fused-ring (bicyclic) bond motifs is 1. The number of para-hydroxylation sites is 2. The lowest BCUT2D eigenvalue weighted by Crippen LogP contribution is -2.40. The van der Waals surface area contributed by atoms with E-state index >= 15 is 0 Å². The number of benzene rings is 2. The van der Waals surface area contributed by atoms with Crippen molar-refractivity contribution in [2.24, 2.45) is 5.41 Å². The quantitative estimate of drug-likeness (QED) is 0.667. The SMILES string of the molecule is CC1(CC(Cl)Cl)Cc2ccccc2N(c2ccccc2)C1. The van der Waals surface area contributed by atoms with E-state index in [1.807, 2.05) is 6.07 Å². The Balaban J connectivity index is 2.02. The van der Waals surface area contributed by atoms with Crippen molar-refractivity contribution in [1.82, 2.24) is 0 Å². The normalized spacial score (nSPS) is 21.4. The maximum absolute atomic E-state index is 6.07. The molecule has 1 atom stereocenters. The molecule has 0 amide bonds. The summed E-state index contributed by atoms with van der Waals surface area (Å²) in [7, 11) is 0. The number of halogens is 2. The first-order chi connectivity index (χ1) is 10.1. The largest absolute Gasteiger partial charge is 0.341 e. The summed E-state index contributed by atoms with van der Waals surface area (Å²) in [4.78, 5) is 2.06. The van der Waals surface area contributed by atoms with Crippen molar-refractivity contribution in [3.63, 3.8) is 0 Å². The molecule has 0 bridgehead atoms. The van der Waals surface area contributed by atoms with Crippen LogP contribution >= 0.6 is 23.2 Å². The molecule has 110 valence electrons. The number of nitrogens with zero attached hydrogens (tertiary/aromatic N) is 1. The maximum Gasteiger partial charge on any atom is 0.108 e. The summed E-state index contributed by atoms with van der Waals surface area (Å²) in [6.45, 7) is 3.21. The van der Waals surface area contributed by atoms with Gasteiger partial charge >= 0.3 is 0 Å². The third kappa shape index (κ3) is 3.20. The van der Waals surface area contributed by atoms with Crippen LogP contribution in [0.2, 0.25) is 0 Å². The summed E-state index contributed by atoms with van der Waals surface area (Å²) < 4.78 is 0. The van der Waals surface area contributed by atoms with Gasteiger partial charge < -0.3 is 4.90 Å². The van der Waals surface area contributed by atoms with Crippen LogP contribution < -0.4 is 4.90 Å². The van der Waals surface area contributed by atoms with Gasteiger partial charge in [-0.05, 0) is 42.0 Å². The number of alkyl halides is 2. The minimum absolute atomic E-state index is 0.0817. The van der Waals surface area contributed by atoms with Gasteiger partial charge in [0.15, 0.2) is 0 Å². The number of hydrogen-bond donors (Lipinski definition) is 0. The summed E-state index contributed by atoms with van der Waals surface area (Å²) >= 11 is 12.1. The molecule has 2 aromatic rings. The van der Waals surface area contributed by atoms with Gasteiger partial charge in [-0.15, -0.1) is 23.2 Å². The third-order valence-electron chi connectivity index (χ3n) is 4.15. The van der Waals surface area contributed by atoms with Crippen LogP contribution in [0.4, 0.5) is 11.4 Å². The highest BCUT2D eigenvalue weighted by Crippen LogP contribution is 2.43. The van der Waals surface area contributed by atoms with E-state index in [0.717, 1.165) is 19.4 Å². The molecule has 0 aromatic heterocycles. The van der Waals surface area contributed by atoms with Crippen LogP contribution in [0.25, 0.3) is 0 Å². The Labute approximate surface area is 136 Å². The second-order valence-corrected chi connectivity index (χ2v) is 7.41. The fraction of sp³-hybridized carbons (Fsp3) is 0.333. The number of hydrogen-bond acceptors (Lipinski definition) is 1. The smallest absolute Gasteiger partial charge is 0.108 e. The zero-order valence-electron chi connectivity index (χ0n) is 12.1. The predicted molar refractivity (Wildman–Crippen MR) is 91.8 cm³/mol. The van der Waals surface area contributed by atoms with Crippen molar-refractivity contribution >= 4 is 34.6 Å². The molecule has 21 heavy (non-hydrogen) atoms. The van der Waals surface area contributed by atoms with Crippen LogP contribution in [-0.4, -0.2) is 11.4 Å². The molecule has 1 heterocycles. The van der Waals surface area contributed by atoms with E-state index in [-0.39, 0.29) is 10.3 Å². The van der Waals surface area contributed by atoms with Crippen molar-refractivity contribution in [3.8, 4) is 0 Å². The third-order valence-corrected chi connectivity index (χ3v) is 4.46. The Bertz CT molecular complexity index is 612. The van der Waals surface area contributed by atoms with Crippen LogP contribution in [0.3, 0.4) is 0 Å². The molecular weight excluding hydrogens is 301 g/mol. The summed E-state index contributed by atoms with van der Waals surface area (Å²) in [5.74, 6) is 0. The maximum atomic E-state index is 6.07. The monoisotopic (exact) mass is 319 g/mol. The molecular formula is C18H19Cl2N. The fourth-order valence-electron chi connectivity index (χ4n) is 3.25. The van der Waals surface area contributed by atoms with Gasteiger partial charge in [-0.3, -0.25) is 0 Å². The van der Waals surface area contributed by atoms with E-state index in [0.29, 0.717) is 0 Å². The molecule has 1 unspecified atom stereocenters. The first-order valence-corrected chi connectivity index (χ1v) is 8.13. The molecule has 3 rings (SSSR count). The molecule has 0 aliphatic carbocycles. The highest BCUT2D eigenvalue weighted by atomic mass is 35.5. The topological polar surface area (TPSA) is 3.24 Å². The summed E-state index contributed by atoms with van der Waals surface area (Å²) in [5.41, 5.74) is 3.96.